The molecule has 1 aliphatic rings. The molecule has 1 saturated heterocycles. The summed E-state index contributed by atoms with van der Waals surface area (Å²) in [5, 5.41) is 3.10. The zero-order valence-corrected chi connectivity index (χ0v) is 10.1. The van der Waals surface area contributed by atoms with Crippen LogP contribution < -0.4 is 10.2 Å². The van der Waals surface area contributed by atoms with Crippen molar-refractivity contribution in [3.8, 4) is 0 Å². The third kappa shape index (κ3) is 2.06. The molecule has 4 heteroatoms. The van der Waals surface area contributed by atoms with Crippen LogP contribution in [-0.2, 0) is 4.79 Å². The van der Waals surface area contributed by atoms with Crippen molar-refractivity contribution in [2.45, 2.75) is 0 Å². The Balaban J connectivity index is 2.16. The monoisotopic (exact) mass is 268 g/mol. The van der Waals surface area contributed by atoms with E-state index in [0.717, 1.165) is 23.2 Å². The minimum absolute atomic E-state index is 0.141. The lowest BCUT2D eigenvalue weighted by Gasteiger charge is -2.30. The van der Waals surface area contributed by atoms with Crippen LogP contribution in [-0.4, -0.2) is 26.0 Å². The SMILES string of the molecule is CN(C(=O)C1CNC1)c1ccccc1Br. The molecule has 1 N–H and O–H groups in total. The predicted molar refractivity (Wildman–Crippen MR) is 63.9 cm³/mol. The van der Waals surface area contributed by atoms with Crippen LogP contribution in [0.2, 0.25) is 0 Å². The topological polar surface area (TPSA) is 32.3 Å². The Morgan fingerprint density at radius 3 is 2.67 bits per heavy atom. The molecule has 1 amide bonds. The second kappa shape index (κ2) is 4.33. The normalized spacial score (nSPS) is 15.9. The number of anilines is 1. The molecule has 0 atom stereocenters. The number of rotatable bonds is 2. The van der Waals surface area contributed by atoms with Gasteiger partial charge in [0.15, 0.2) is 0 Å². The van der Waals surface area contributed by atoms with E-state index >= 15 is 0 Å². The number of para-hydroxylation sites is 1. The van der Waals surface area contributed by atoms with Gasteiger partial charge in [0.2, 0.25) is 5.91 Å². The zero-order chi connectivity index (χ0) is 10.8. The van der Waals surface area contributed by atoms with Gasteiger partial charge >= 0.3 is 0 Å². The highest BCUT2D eigenvalue weighted by Crippen LogP contribution is 2.26. The molecular formula is C11H13BrN2O. The molecule has 0 aromatic heterocycles. The Labute approximate surface area is 97.6 Å². The molecule has 0 spiro atoms. The fourth-order valence-corrected chi connectivity index (χ4v) is 2.13. The van der Waals surface area contributed by atoms with Gasteiger partial charge in [-0.2, -0.15) is 0 Å². The molecule has 1 fully saturated rings. The molecule has 1 aromatic carbocycles. The number of hydrogen-bond donors (Lipinski definition) is 1. The molecular weight excluding hydrogens is 256 g/mol. The quantitative estimate of drug-likeness (QED) is 0.885. The standard InChI is InChI=1S/C11H13BrN2O/c1-14(11(15)8-6-13-7-8)10-5-3-2-4-9(10)12/h2-5,8,13H,6-7H2,1H3. The summed E-state index contributed by atoms with van der Waals surface area (Å²) < 4.78 is 0.952. The van der Waals surface area contributed by atoms with Gasteiger partial charge in [-0.15, -0.1) is 0 Å². The predicted octanol–water partition coefficient (Wildman–Crippen LogP) is 1.63. The molecule has 1 aromatic rings. The molecule has 1 aliphatic heterocycles. The number of benzene rings is 1. The summed E-state index contributed by atoms with van der Waals surface area (Å²) in [7, 11) is 1.82. The van der Waals surface area contributed by atoms with Crippen molar-refractivity contribution in [2.24, 2.45) is 5.92 Å². The van der Waals surface area contributed by atoms with Crippen molar-refractivity contribution < 1.29 is 4.79 Å². The van der Waals surface area contributed by atoms with E-state index in [1.54, 1.807) is 4.90 Å². The minimum atomic E-state index is 0.141. The summed E-state index contributed by atoms with van der Waals surface area (Å²) in [5.74, 6) is 0.322. The number of halogens is 1. The fourth-order valence-electron chi connectivity index (χ4n) is 1.58. The van der Waals surface area contributed by atoms with Crippen molar-refractivity contribution in [1.82, 2.24) is 5.32 Å². The van der Waals surface area contributed by atoms with Crippen molar-refractivity contribution in [3.63, 3.8) is 0 Å². The van der Waals surface area contributed by atoms with Gasteiger partial charge in [0.25, 0.3) is 0 Å². The van der Waals surface area contributed by atoms with Gasteiger partial charge in [-0.05, 0) is 28.1 Å². The van der Waals surface area contributed by atoms with Crippen LogP contribution >= 0.6 is 15.9 Å². The van der Waals surface area contributed by atoms with Crippen molar-refractivity contribution in [1.29, 1.82) is 0 Å². The first-order chi connectivity index (χ1) is 7.20. The van der Waals surface area contributed by atoms with Crippen LogP contribution in [0.5, 0.6) is 0 Å². The lowest BCUT2D eigenvalue weighted by molar-refractivity contribution is -0.123. The Hall–Kier alpha value is -0.870. The summed E-state index contributed by atoms with van der Waals surface area (Å²) in [6, 6.07) is 7.76. The summed E-state index contributed by atoms with van der Waals surface area (Å²) in [6.45, 7) is 1.60. The number of carbonyl (C=O) groups excluding carboxylic acids is 1. The van der Waals surface area contributed by atoms with Crippen LogP contribution in [0.15, 0.2) is 28.7 Å². The fraction of sp³-hybridized carbons (Fsp3) is 0.364. The van der Waals surface area contributed by atoms with E-state index in [9.17, 15) is 4.79 Å². The highest BCUT2D eigenvalue weighted by molar-refractivity contribution is 9.10. The van der Waals surface area contributed by atoms with Crippen LogP contribution in [0.1, 0.15) is 0 Å². The lowest BCUT2D eigenvalue weighted by Crippen LogP contribution is -2.51. The first-order valence-corrected chi connectivity index (χ1v) is 5.72. The maximum atomic E-state index is 11.9. The maximum Gasteiger partial charge on any atom is 0.232 e. The maximum absolute atomic E-state index is 11.9. The first kappa shape index (κ1) is 10.6. The zero-order valence-electron chi connectivity index (χ0n) is 8.53. The second-order valence-corrected chi connectivity index (χ2v) is 4.56. The smallest absolute Gasteiger partial charge is 0.232 e. The van der Waals surface area contributed by atoms with Crippen molar-refractivity contribution in [3.05, 3.63) is 28.7 Å². The van der Waals surface area contributed by atoms with Gasteiger partial charge in [0, 0.05) is 24.6 Å². The molecule has 0 saturated carbocycles. The second-order valence-electron chi connectivity index (χ2n) is 3.70. The Bertz CT molecular complexity index is 377. The summed E-state index contributed by atoms with van der Waals surface area (Å²) >= 11 is 3.44. The third-order valence-electron chi connectivity index (χ3n) is 2.68. The molecule has 0 unspecified atom stereocenters. The number of amides is 1. The third-order valence-corrected chi connectivity index (χ3v) is 3.35. The summed E-state index contributed by atoms with van der Waals surface area (Å²) in [5.41, 5.74) is 0.925. The minimum Gasteiger partial charge on any atom is -0.315 e. The van der Waals surface area contributed by atoms with Crippen LogP contribution in [0.25, 0.3) is 0 Å². The number of hydrogen-bond acceptors (Lipinski definition) is 2. The summed E-state index contributed by atoms with van der Waals surface area (Å²) in [6.07, 6.45) is 0. The van der Waals surface area contributed by atoms with Crippen LogP contribution in [0, 0.1) is 5.92 Å². The van der Waals surface area contributed by atoms with E-state index in [-0.39, 0.29) is 11.8 Å². The molecule has 80 valence electrons. The lowest BCUT2D eigenvalue weighted by atomic mass is 10.0. The van der Waals surface area contributed by atoms with Gasteiger partial charge in [-0.25, -0.2) is 0 Å². The number of nitrogens with one attached hydrogen (secondary N) is 1. The van der Waals surface area contributed by atoms with Crippen molar-refractivity contribution in [2.75, 3.05) is 25.0 Å². The van der Waals surface area contributed by atoms with Crippen LogP contribution in [0.3, 0.4) is 0 Å². The van der Waals surface area contributed by atoms with Gasteiger partial charge in [-0.3, -0.25) is 4.79 Å². The van der Waals surface area contributed by atoms with E-state index in [4.69, 9.17) is 0 Å². The summed E-state index contributed by atoms with van der Waals surface area (Å²) in [4.78, 5) is 13.7. The van der Waals surface area contributed by atoms with E-state index in [1.165, 1.54) is 0 Å². The van der Waals surface area contributed by atoms with Crippen molar-refractivity contribution >= 4 is 27.5 Å². The van der Waals surface area contributed by atoms with Gasteiger partial charge in [0.1, 0.15) is 0 Å². The molecule has 0 bridgehead atoms. The molecule has 1 heterocycles. The van der Waals surface area contributed by atoms with E-state index in [0.29, 0.717) is 0 Å². The van der Waals surface area contributed by atoms with Crippen LogP contribution in [0.4, 0.5) is 5.69 Å². The highest BCUT2D eigenvalue weighted by Gasteiger charge is 2.28. The Morgan fingerprint density at radius 1 is 1.47 bits per heavy atom. The van der Waals surface area contributed by atoms with E-state index < -0.39 is 0 Å². The molecule has 15 heavy (non-hydrogen) atoms. The number of carbonyl (C=O) groups is 1. The average molecular weight is 269 g/mol. The van der Waals surface area contributed by atoms with Gasteiger partial charge < -0.3 is 10.2 Å². The highest BCUT2D eigenvalue weighted by atomic mass is 79.9. The van der Waals surface area contributed by atoms with Gasteiger partial charge in [0.05, 0.1) is 11.6 Å². The first-order valence-electron chi connectivity index (χ1n) is 4.93. The van der Waals surface area contributed by atoms with E-state index in [1.807, 2.05) is 31.3 Å². The Kier molecular flexibility index (Phi) is 3.07. The molecule has 3 nitrogen and oxygen atoms in total. The molecule has 0 radical (unpaired) electrons. The molecule has 2 rings (SSSR count). The molecule has 0 aliphatic carbocycles. The Morgan fingerprint density at radius 2 is 2.13 bits per heavy atom. The van der Waals surface area contributed by atoms with Gasteiger partial charge in [-0.1, -0.05) is 12.1 Å². The van der Waals surface area contributed by atoms with E-state index in [2.05, 4.69) is 21.2 Å². The largest absolute Gasteiger partial charge is 0.315 e. The average Bonchev–Trinajstić information content (AvgIpc) is 2.15. The number of nitrogens with zero attached hydrogens (tertiary/aromatic N) is 1.